The largest absolute Gasteiger partial charge is 0.493 e. The third-order valence-corrected chi connectivity index (χ3v) is 29.5. The Balaban J connectivity index is 0.000000151. The van der Waals surface area contributed by atoms with E-state index in [1.54, 1.807) is 24.3 Å². The van der Waals surface area contributed by atoms with Crippen molar-refractivity contribution in [2.24, 2.45) is 23.7 Å². The van der Waals surface area contributed by atoms with Crippen molar-refractivity contribution in [3.05, 3.63) is 351 Å². The number of halogens is 10. The van der Waals surface area contributed by atoms with Gasteiger partial charge in [-0.3, -0.25) is 9.59 Å². The van der Waals surface area contributed by atoms with Gasteiger partial charge in [0.2, 0.25) is 5.79 Å². The van der Waals surface area contributed by atoms with Gasteiger partial charge in [-0.05, 0) is 412 Å². The normalized spacial score (nSPS) is 19.7. The number of ether oxygens (including phenoxy) is 8. The Morgan fingerprint density at radius 2 is 0.850 bits per heavy atom. The molecule has 11 aromatic rings. The van der Waals surface area contributed by atoms with E-state index in [1.165, 1.54) is 47.8 Å². The standard InChI is InChI=1S/C32H37BrO4.C16H12BrIO2.C16H14BrIO.C16H22O3.C9H10O.C7H3BrClIO.C7H4BrIO2/c1-4-29-21(2)22(3)31(36-20-23-9-6-5-7-10-23)32(34,37-29)27-13-14-28(33)26(19-27)18-24-12-15-30-25(17-24)11-8-16-35-30;17-14-5-4-12(18)9-13(14)16(19)11-3-6-15-10(8-11)2-1-7-20-15;17-15-5-4-14(18)10-13(15)9-11-3-6-16-12(8-11)2-1-7-19-16;1-4-14-11(2)12(3)15(16(17)19-14)18-10-13-8-6-5-7-9-13;1-2-6-9-8(4-1)5-3-7-10-9;8-6-2-1-4(10)3-5(6)7(9)11;8-6-2-1-4(9)3-5(6)7(10)11/h5-7,9-10,12-15,17,19,21-22,29,31,34H,4,8,11,16,18,20H2,1-3H3;3-6,8-9H,1-2,7H2;3-6,8,10H,1-2,7,9H2;5-9,11-12,14-15H,4,10H2,1-3H3;1-2,4,6H,3,5,7H2;1-3H;1-3H,(H,10,11)/t21?,22-,29+,31?,32?;;;11?,12-,14+,15?;;;/m0..0.../s1. The summed E-state index contributed by atoms with van der Waals surface area (Å²) in [6.07, 6.45) is 11.1. The molecule has 0 radical (unpaired) electrons. The number of aryl methyl sites for hydroxylation is 4. The predicted molar refractivity (Wildman–Crippen MR) is 555 cm³/mol. The molecule has 2 fully saturated rings. The first-order chi connectivity index (χ1) is 61.1. The van der Waals surface area contributed by atoms with E-state index in [2.05, 4.69) is 277 Å². The van der Waals surface area contributed by atoms with Crippen molar-refractivity contribution in [1.82, 2.24) is 0 Å². The van der Waals surface area contributed by atoms with Gasteiger partial charge >= 0.3 is 11.9 Å². The molecule has 127 heavy (non-hydrogen) atoms. The zero-order chi connectivity index (χ0) is 90.8. The van der Waals surface area contributed by atoms with Gasteiger partial charge in [-0.1, -0.05) is 199 Å². The summed E-state index contributed by atoms with van der Waals surface area (Å²) in [6, 6.07) is 76.0. The number of hydrogen-bond donors (Lipinski definition) is 2. The topological polar surface area (TPSA) is 183 Å². The second-order valence-corrected chi connectivity index (χ2v) is 41.4. The first-order valence-electron chi connectivity index (χ1n) is 42.5. The maximum Gasteiger partial charge on any atom is 0.336 e. The Hall–Kier alpha value is -5.65. The minimum atomic E-state index is -1.54. The highest BCUT2D eigenvalue weighted by Gasteiger charge is 2.53. The van der Waals surface area contributed by atoms with E-state index >= 15 is 0 Å². The average molecular weight is 2510 g/mol. The third kappa shape index (κ3) is 29.2. The van der Waals surface area contributed by atoms with Crippen molar-refractivity contribution >= 4 is 205 Å². The lowest BCUT2D eigenvalue weighted by Gasteiger charge is -2.49. The number of carbonyl (C=O) groups is 4. The highest BCUT2D eigenvalue weighted by atomic mass is 127. The minimum absolute atomic E-state index is 0.0269. The van der Waals surface area contributed by atoms with E-state index in [4.69, 9.17) is 54.6 Å². The molecule has 0 aliphatic carbocycles. The number of aliphatic hydroxyl groups is 1. The number of esters is 1. The molecule has 0 aromatic heterocycles. The lowest BCUT2D eigenvalue weighted by molar-refractivity contribution is -0.346. The molecule has 6 aliphatic rings. The molecule has 5 unspecified atom stereocenters. The van der Waals surface area contributed by atoms with Gasteiger partial charge in [-0.15, -0.1) is 0 Å². The predicted octanol–water partition coefficient (Wildman–Crippen LogP) is 28.1. The number of carboxylic acid groups (broad SMARTS) is 1. The van der Waals surface area contributed by atoms with E-state index in [0.717, 1.165) is 178 Å². The first kappa shape index (κ1) is 102. The van der Waals surface area contributed by atoms with Gasteiger partial charge in [0, 0.05) is 58.9 Å². The van der Waals surface area contributed by atoms with E-state index < -0.39 is 29.2 Å². The number of benzene rings is 11. The quantitative estimate of drug-likeness (QED) is 0.0380. The number of aromatic carboxylic acids is 1. The van der Waals surface area contributed by atoms with Crippen LogP contribution < -0.4 is 18.9 Å². The van der Waals surface area contributed by atoms with Crippen LogP contribution >= 0.6 is 182 Å². The van der Waals surface area contributed by atoms with Crippen LogP contribution in [0.2, 0.25) is 0 Å². The summed E-state index contributed by atoms with van der Waals surface area (Å²) in [5.74, 6) is 2.34. The highest BCUT2D eigenvalue weighted by molar-refractivity contribution is 14.1. The smallest absolute Gasteiger partial charge is 0.336 e. The number of hydrogen-bond acceptors (Lipinski definition) is 13. The molecule has 2 N–H and O–H groups in total. The molecular formula is C103H102Br5ClI4O14. The molecule has 0 amide bonds. The number of fused-ring (bicyclic) bond motifs is 4. The third-order valence-electron chi connectivity index (χ3n) is 23.0. The molecule has 24 heteroatoms. The number of carbonyl (C=O) groups excluding carboxylic acids is 3. The lowest BCUT2D eigenvalue weighted by Crippen LogP contribution is -2.57. The number of cyclic esters (lactones) is 1. The van der Waals surface area contributed by atoms with Gasteiger partial charge in [0.1, 0.15) is 35.2 Å². The van der Waals surface area contributed by atoms with Gasteiger partial charge in [-0.2, -0.15) is 0 Å². The molecule has 6 aliphatic heterocycles. The molecule has 0 saturated carbocycles. The molecule has 6 heterocycles. The highest BCUT2D eigenvalue weighted by Crippen LogP contribution is 2.46. The van der Waals surface area contributed by atoms with E-state index in [0.29, 0.717) is 40.3 Å². The van der Waals surface area contributed by atoms with E-state index in [1.807, 2.05) is 140 Å². The van der Waals surface area contributed by atoms with Crippen molar-refractivity contribution in [1.29, 1.82) is 0 Å². The zero-order valence-corrected chi connectivity index (χ0v) is 88.7. The second-order valence-electron chi connectivity index (χ2n) is 31.8. The summed E-state index contributed by atoms with van der Waals surface area (Å²) in [4.78, 5) is 45.9. The molecule has 17 rings (SSSR count). The molecule has 0 spiro atoms. The van der Waals surface area contributed by atoms with Gasteiger partial charge in [0.05, 0.1) is 51.3 Å². The Labute approximate surface area is 847 Å². The Morgan fingerprint density at radius 3 is 1.35 bits per heavy atom. The average Bonchev–Trinajstić information content (AvgIpc) is 0.746. The molecule has 0 bridgehead atoms. The first-order valence-corrected chi connectivity index (χ1v) is 51.2. The summed E-state index contributed by atoms with van der Waals surface area (Å²) in [6.45, 7) is 16.9. The maximum absolute atomic E-state index is 12.6. The van der Waals surface area contributed by atoms with Crippen LogP contribution in [0.3, 0.4) is 0 Å². The van der Waals surface area contributed by atoms with Crippen LogP contribution in [0, 0.1) is 38.0 Å². The van der Waals surface area contributed by atoms with Gasteiger partial charge in [0.25, 0.3) is 5.24 Å². The summed E-state index contributed by atoms with van der Waals surface area (Å²) < 4.78 is 55.3. The van der Waals surface area contributed by atoms with E-state index in [9.17, 15) is 24.3 Å². The van der Waals surface area contributed by atoms with Crippen LogP contribution in [0.4, 0.5) is 0 Å². The SMILES string of the molecule is Brc1ccc(I)cc1Cc1ccc2c(c1)CCCO2.CC[C@H]1OC(=O)C(OCc2ccccc2)[C@@H](C)C1C.CC[C@H]1OC(O)(c2ccc(Br)c(Cc3ccc4c(c3)CCCO4)c2)C(OCc2ccccc2)[C@@H](C)C1C.O=C(Cl)c1cc(I)ccc1Br.O=C(O)c1cc(I)ccc1Br.O=C(c1ccc2c(c1)CCCO2)c1cc(I)ccc1Br.c1ccc2c(c1)CCCO2. The van der Waals surface area contributed by atoms with Crippen LogP contribution in [0.25, 0.3) is 0 Å². The van der Waals surface area contributed by atoms with E-state index in [-0.39, 0.29) is 41.7 Å². The summed E-state index contributed by atoms with van der Waals surface area (Å²) >= 11 is 31.3. The summed E-state index contributed by atoms with van der Waals surface area (Å²) in [7, 11) is 0. The maximum atomic E-state index is 12.6. The molecule has 14 nitrogen and oxygen atoms in total. The molecule has 9 atom stereocenters. The lowest BCUT2D eigenvalue weighted by atomic mass is 9.77. The summed E-state index contributed by atoms with van der Waals surface area (Å²) in [5.41, 5.74) is 15.3. The van der Waals surface area contributed by atoms with Gasteiger partial charge < -0.3 is 48.1 Å². The van der Waals surface area contributed by atoms with Crippen LogP contribution in [0.5, 0.6) is 23.0 Å². The Morgan fingerprint density at radius 1 is 0.433 bits per heavy atom. The number of rotatable bonds is 17. The minimum Gasteiger partial charge on any atom is -0.493 e. The van der Waals surface area contributed by atoms with Crippen LogP contribution in [0.15, 0.2) is 253 Å². The van der Waals surface area contributed by atoms with Crippen LogP contribution in [-0.4, -0.2) is 84.0 Å². The molecule has 2 saturated heterocycles. The number of carboxylic acids is 1. The van der Waals surface area contributed by atoms with Crippen molar-refractivity contribution < 1.29 is 67.3 Å². The van der Waals surface area contributed by atoms with Gasteiger partial charge in [0.15, 0.2) is 11.9 Å². The fourth-order valence-electron chi connectivity index (χ4n) is 15.7. The van der Waals surface area contributed by atoms with Gasteiger partial charge in [-0.25, -0.2) is 9.59 Å². The van der Waals surface area contributed by atoms with Crippen molar-refractivity contribution in [3.63, 3.8) is 0 Å². The van der Waals surface area contributed by atoms with Crippen molar-refractivity contribution in [2.45, 2.75) is 162 Å². The zero-order valence-electron chi connectivity index (χ0n) is 71.4. The second kappa shape index (κ2) is 50.4. The van der Waals surface area contributed by atoms with Crippen molar-refractivity contribution in [2.75, 3.05) is 26.4 Å². The molecular weight excluding hydrogens is 2400 g/mol. The Bertz CT molecular complexity index is 5470. The van der Waals surface area contributed by atoms with Crippen LogP contribution in [-0.2, 0) is 81.3 Å². The summed E-state index contributed by atoms with van der Waals surface area (Å²) in [5, 5.41) is 20.5. The molecule has 11 aromatic carbocycles. The number of ketones is 1. The monoisotopic (exact) mass is 2500 g/mol. The fourth-order valence-corrected chi connectivity index (χ4v) is 20.1. The van der Waals surface area contributed by atoms with Crippen molar-refractivity contribution in [3.8, 4) is 23.0 Å². The Kier molecular flexibility index (Phi) is 40.5. The van der Waals surface area contributed by atoms with Crippen LogP contribution in [0.1, 0.15) is 178 Å². The molecule has 668 valence electrons. The fraction of sp³-hybridized carbons (Fsp3) is 0.320. The number of para-hydroxylation sites is 1.